The van der Waals surface area contributed by atoms with Gasteiger partial charge in [-0.2, -0.15) is 0 Å². The Hall–Kier alpha value is 0.850. The molecule has 0 spiro atoms. The molecule has 0 saturated carbocycles. The molecule has 0 atom stereocenters. The molecule has 1 rings (SSSR count). The molecular formula is C10H12ClHg2O2. The maximum absolute atomic E-state index is 10.5. The average molecular weight is 601 g/mol. The Balaban J connectivity index is 0.000000423. The molecule has 1 aromatic carbocycles. The summed E-state index contributed by atoms with van der Waals surface area (Å²) in [4.78, 5) is 10.5. The van der Waals surface area contributed by atoms with Gasteiger partial charge in [-0.1, -0.05) is 0 Å². The Morgan fingerprint density at radius 2 is 2.00 bits per heavy atom. The van der Waals surface area contributed by atoms with Gasteiger partial charge in [0.2, 0.25) is 0 Å². The van der Waals surface area contributed by atoms with Crippen molar-refractivity contribution in [2.75, 3.05) is 5.88 Å². The van der Waals surface area contributed by atoms with Crippen LogP contribution in [-0.4, -0.2) is 11.8 Å². The van der Waals surface area contributed by atoms with Crippen LogP contribution in [0.4, 0.5) is 0 Å². The first-order valence-electron chi connectivity index (χ1n) is 4.73. The minimum atomic E-state index is -1.52. The molecule has 2 nitrogen and oxygen atoms in total. The molecule has 0 bridgehead atoms. The first kappa shape index (κ1) is 15.9. The number of carbonyl (C=O) groups is 1. The fourth-order valence-corrected chi connectivity index (χ4v) is 4.00. The number of hydrogen-bond acceptors (Lipinski definition) is 2. The van der Waals surface area contributed by atoms with Gasteiger partial charge in [-0.05, 0) is 0 Å². The van der Waals surface area contributed by atoms with Crippen molar-refractivity contribution in [1.82, 2.24) is 0 Å². The summed E-state index contributed by atoms with van der Waals surface area (Å²) in [5, 5.41) is 0. The van der Waals surface area contributed by atoms with Crippen LogP contribution in [0.5, 0.6) is 0 Å². The van der Waals surface area contributed by atoms with E-state index in [9.17, 15) is 4.79 Å². The summed E-state index contributed by atoms with van der Waals surface area (Å²) in [7, 11) is 0. The van der Waals surface area contributed by atoms with Crippen molar-refractivity contribution in [2.45, 2.75) is 10.9 Å². The zero-order chi connectivity index (χ0) is 11.5. The van der Waals surface area contributed by atoms with Crippen LogP contribution in [0.25, 0.3) is 0 Å². The quantitative estimate of drug-likeness (QED) is 0.393. The van der Waals surface area contributed by atoms with Crippen LogP contribution in [0, 0.1) is 0 Å². The van der Waals surface area contributed by atoms with E-state index >= 15 is 0 Å². The van der Waals surface area contributed by atoms with E-state index in [1.807, 2.05) is 30.3 Å². The van der Waals surface area contributed by atoms with Crippen molar-refractivity contribution < 1.29 is 58.6 Å². The monoisotopic (exact) mass is 603 g/mol. The van der Waals surface area contributed by atoms with Crippen LogP contribution >= 0.6 is 11.6 Å². The van der Waals surface area contributed by atoms with Gasteiger partial charge >= 0.3 is 126 Å². The van der Waals surface area contributed by atoms with Crippen molar-refractivity contribution in [2.24, 2.45) is 0 Å². The third kappa shape index (κ3) is 11.1. The summed E-state index contributed by atoms with van der Waals surface area (Å²) in [5.74, 6) is 0.735. The third-order valence-electron chi connectivity index (χ3n) is 1.42. The molecule has 0 amide bonds. The predicted octanol–water partition coefficient (Wildman–Crippen LogP) is 2.06. The van der Waals surface area contributed by atoms with Gasteiger partial charge in [0.1, 0.15) is 0 Å². The second kappa shape index (κ2) is 11.3. The molecule has 15 heavy (non-hydrogen) atoms. The molecule has 0 aliphatic rings. The third-order valence-corrected chi connectivity index (χ3v) is 10.1. The molecule has 0 radical (unpaired) electrons. The Kier molecular flexibility index (Phi) is 12.0. The summed E-state index contributed by atoms with van der Waals surface area (Å²) >= 11 is 4.66. The zero-order valence-electron chi connectivity index (χ0n) is 8.91. The number of carbonyl (C=O) groups excluding carboxylic acids is 1. The first-order chi connectivity index (χ1) is 7.20. The van der Waals surface area contributed by atoms with Crippen LogP contribution in [0.15, 0.2) is 30.3 Å². The molecule has 0 aliphatic carbocycles. The van der Waals surface area contributed by atoms with E-state index in [0.717, 1.165) is 32.0 Å². The number of rotatable bonds is 3. The Labute approximate surface area is 125 Å². The maximum atomic E-state index is 10.5. The Morgan fingerprint density at radius 3 is 2.40 bits per heavy atom. The molecule has 0 N–H and O–H groups in total. The second-order valence-electron chi connectivity index (χ2n) is 2.81. The van der Waals surface area contributed by atoms with Crippen LogP contribution in [0.3, 0.4) is 0 Å². The number of alkyl halides is 1. The predicted molar refractivity (Wildman–Crippen MR) is 53.4 cm³/mol. The SMILES string of the molecule is CC(=O)[O][Hg][c]1ccccc1.ClC[CH2][Hg]. The molecule has 0 aromatic heterocycles. The van der Waals surface area contributed by atoms with Crippen LogP contribution in [0.1, 0.15) is 6.92 Å². The molecule has 1 aromatic rings. The average Bonchev–Trinajstić information content (AvgIpc) is 2.28. The van der Waals surface area contributed by atoms with Crippen molar-refractivity contribution in [3.63, 3.8) is 0 Å². The normalized spacial score (nSPS) is 8.27. The van der Waals surface area contributed by atoms with Gasteiger partial charge in [-0.3, -0.25) is 0 Å². The molecule has 0 saturated heterocycles. The van der Waals surface area contributed by atoms with Gasteiger partial charge in [0.15, 0.2) is 0 Å². The van der Waals surface area contributed by atoms with Crippen molar-refractivity contribution in [3.05, 3.63) is 30.3 Å². The zero-order valence-corrected chi connectivity index (χ0v) is 20.7. The second-order valence-corrected chi connectivity index (χ2v) is 11.4. The minimum absolute atomic E-state index is 0.143. The summed E-state index contributed by atoms with van der Waals surface area (Å²) in [6.45, 7) is 1.46. The molecule has 0 aliphatic heterocycles. The van der Waals surface area contributed by atoms with E-state index in [0.29, 0.717) is 0 Å². The summed E-state index contributed by atoms with van der Waals surface area (Å²) in [6.07, 6.45) is 0. The van der Waals surface area contributed by atoms with Crippen LogP contribution < -0.4 is 3.07 Å². The van der Waals surface area contributed by atoms with Gasteiger partial charge in [0, 0.05) is 0 Å². The summed E-state index contributed by atoms with van der Waals surface area (Å²) in [5.41, 5.74) is 0. The number of hydrogen-bond donors (Lipinski definition) is 0. The standard InChI is InChI=1S/C6H5.C2H4Cl.C2H4O2.2Hg/c1-2-4-6-5-3-1;1-2-3;1-2(3)4;;/h1-5H;1-2H2;1H3,(H,3,4);;/q;;;;+1/p-1. The van der Waals surface area contributed by atoms with E-state index < -0.39 is 25.0 Å². The summed E-state index contributed by atoms with van der Waals surface area (Å²) in [6, 6.07) is 9.94. The number of benzene rings is 1. The van der Waals surface area contributed by atoms with Crippen molar-refractivity contribution in [3.8, 4) is 0 Å². The van der Waals surface area contributed by atoms with E-state index in [4.69, 9.17) is 14.2 Å². The van der Waals surface area contributed by atoms with Crippen molar-refractivity contribution in [1.29, 1.82) is 0 Å². The van der Waals surface area contributed by atoms with Crippen LogP contribution in [0.2, 0.25) is 3.93 Å². The first-order valence-corrected chi connectivity index (χ1v) is 14.1. The molecule has 0 unspecified atom stereocenters. The van der Waals surface area contributed by atoms with Gasteiger partial charge < -0.3 is 0 Å². The number of halogens is 1. The van der Waals surface area contributed by atoms with Gasteiger partial charge in [-0.25, -0.2) is 0 Å². The molecule has 0 heterocycles. The molecular weight excluding hydrogens is 589 g/mol. The van der Waals surface area contributed by atoms with E-state index in [1.165, 1.54) is 13.9 Å². The van der Waals surface area contributed by atoms with E-state index in [2.05, 4.69) is 0 Å². The Morgan fingerprint density at radius 1 is 1.47 bits per heavy atom. The fraction of sp³-hybridized carbons (Fsp3) is 0.300. The van der Waals surface area contributed by atoms with Gasteiger partial charge in [-0.15, -0.1) is 0 Å². The van der Waals surface area contributed by atoms with Crippen molar-refractivity contribution >= 4 is 20.6 Å². The molecule has 75 valence electrons. The van der Waals surface area contributed by atoms with Gasteiger partial charge in [0.25, 0.3) is 0 Å². The van der Waals surface area contributed by atoms with E-state index in [-0.39, 0.29) is 5.97 Å². The van der Waals surface area contributed by atoms with Gasteiger partial charge in [0.05, 0.1) is 0 Å². The molecule has 5 heteroatoms. The van der Waals surface area contributed by atoms with Crippen LogP contribution in [-0.2, 0) is 58.6 Å². The molecule has 0 fully saturated rings. The Bertz CT molecular complexity index is 265. The van der Waals surface area contributed by atoms with E-state index in [1.54, 1.807) is 0 Å². The topological polar surface area (TPSA) is 26.3 Å². The fourth-order valence-electron chi connectivity index (χ4n) is 0.759. The summed E-state index contributed by atoms with van der Waals surface area (Å²) < 4.78 is 7.53.